The van der Waals surface area contributed by atoms with Gasteiger partial charge in [-0.3, -0.25) is 4.79 Å². The number of hydrogen-bond donors (Lipinski definition) is 1. The molecule has 0 aromatic heterocycles. The monoisotopic (exact) mass is 245 g/mol. The Morgan fingerprint density at radius 2 is 1.81 bits per heavy atom. The molecular formula is C12H27NO2Si. The van der Waals surface area contributed by atoms with Gasteiger partial charge in [-0.2, -0.15) is 0 Å². The van der Waals surface area contributed by atoms with Crippen molar-refractivity contribution in [3.63, 3.8) is 0 Å². The van der Waals surface area contributed by atoms with Gasteiger partial charge in [-0.25, -0.2) is 0 Å². The Morgan fingerprint density at radius 1 is 1.38 bits per heavy atom. The van der Waals surface area contributed by atoms with Gasteiger partial charge < -0.3 is 10.2 Å². The Hall–Kier alpha value is -0.613. The predicted octanol–water partition coefficient (Wildman–Crippen LogP) is 3.08. The molecule has 0 aromatic carbocycles. The molecule has 0 spiro atoms. The van der Waals surface area contributed by atoms with Crippen molar-refractivity contribution in [2.24, 2.45) is 5.73 Å². The van der Waals surface area contributed by atoms with Gasteiger partial charge in [-0.15, -0.1) is 0 Å². The van der Waals surface area contributed by atoms with Crippen LogP contribution >= 0.6 is 0 Å². The number of primary amides is 1. The third kappa shape index (κ3) is 8.68. The summed E-state index contributed by atoms with van der Waals surface area (Å²) in [6.45, 7) is 9.88. The minimum Gasteiger partial charge on any atom is -0.420 e. The average molecular weight is 245 g/mol. The van der Waals surface area contributed by atoms with Gasteiger partial charge in [0.05, 0.1) is 0 Å². The van der Waals surface area contributed by atoms with Crippen LogP contribution in [0.1, 0.15) is 33.6 Å². The highest BCUT2D eigenvalue weighted by Gasteiger charge is 2.28. The van der Waals surface area contributed by atoms with Crippen molar-refractivity contribution < 1.29 is 9.22 Å². The van der Waals surface area contributed by atoms with E-state index in [0.29, 0.717) is 0 Å². The Morgan fingerprint density at radius 3 is 2.00 bits per heavy atom. The van der Waals surface area contributed by atoms with Crippen molar-refractivity contribution >= 4 is 14.2 Å². The molecule has 0 aliphatic rings. The molecule has 4 heteroatoms. The molecule has 0 rings (SSSR count). The highest BCUT2D eigenvalue weighted by atomic mass is 28.4. The lowest BCUT2D eigenvalue weighted by molar-refractivity contribution is -0.113. The van der Waals surface area contributed by atoms with Crippen LogP contribution in [0.4, 0.5) is 0 Å². The second kappa shape index (κ2) is 10.9. The summed E-state index contributed by atoms with van der Waals surface area (Å²) in [7, 11) is 0.659. The van der Waals surface area contributed by atoms with Crippen molar-refractivity contribution in [3.8, 4) is 0 Å². The van der Waals surface area contributed by atoms with E-state index in [1.165, 1.54) is 31.0 Å². The van der Waals surface area contributed by atoms with Crippen molar-refractivity contribution in [2.75, 3.05) is 7.11 Å². The average Bonchev–Trinajstić information content (AvgIpc) is 2.32. The van der Waals surface area contributed by atoms with E-state index in [0.717, 1.165) is 6.08 Å². The van der Waals surface area contributed by atoms with Crippen molar-refractivity contribution in [1.82, 2.24) is 0 Å². The van der Waals surface area contributed by atoms with Gasteiger partial charge in [0, 0.05) is 7.11 Å². The fraction of sp³-hybridized carbons (Fsp3) is 0.750. The Labute approximate surface area is 101 Å². The van der Waals surface area contributed by atoms with E-state index in [1.54, 1.807) is 0 Å². The molecular weight excluding hydrogens is 218 g/mol. The maximum atomic E-state index is 9.47. The minimum atomic E-state index is -1.24. The standard InChI is InChI=1S/C9H22OSi.C3H5NO/c1-5-8-9-11(6-2,7-3)10-4;1-2-3(4)5/h5-9H2,1-4H3;2H,1H2,(H2,4,5). The Bertz CT molecular complexity index is 183. The third-order valence-corrected chi connectivity index (χ3v) is 7.62. The topological polar surface area (TPSA) is 52.3 Å². The van der Waals surface area contributed by atoms with Gasteiger partial charge in [-0.1, -0.05) is 40.2 Å². The molecule has 0 aliphatic heterocycles. The fourth-order valence-electron chi connectivity index (χ4n) is 1.49. The number of rotatable bonds is 7. The molecule has 0 fully saturated rings. The number of amides is 1. The predicted molar refractivity (Wildman–Crippen MR) is 72.8 cm³/mol. The molecule has 0 radical (unpaired) electrons. The summed E-state index contributed by atoms with van der Waals surface area (Å²) in [6.07, 6.45) is 3.71. The highest BCUT2D eigenvalue weighted by Crippen LogP contribution is 2.23. The van der Waals surface area contributed by atoms with Crippen LogP contribution in [-0.2, 0) is 9.22 Å². The SMILES string of the molecule is C=CC(N)=O.CCCC[Si](CC)(CC)OC. The summed E-state index contributed by atoms with van der Waals surface area (Å²) in [5, 5.41) is 0. The summed E-state index contributed by atoms with van der Waals surface area (Å²) < 4.78 is 5.68. The first-order valence-corrected chi connectivity index (χ1v) is 8.51. The summed E-state index contributed by atoms with van der Waals surface area (Å²) in [6, 6.07) is 3.91. The summed E-state index contributed by atoms with van der Waals surface area (Å²) in [4.78, 5) is 9.47. The number of hydrogen-bond acceptors (Lipinski definition) is 2. The van der Waals surface area contributed by atoms with Gasteiger partial charge in [-0.05, 0) is 24.2 Å². The zero-order chi connectivity index (χ0) is 13.0. The Kier molecular flexibility index (Phi) is 12.1. The van der Waals surface area contributed by atoms with Gasteiger partial charge in [0.25, 0.3) is 0 Å². The number of carbonyl (C=O) groups excluding carboxylic acids is 1. The molecule has 0 heterocycles. The van der Waals surface area contributed by atoms with Crippen LogP contribution in [0, 0.1) is 0 Å². The van der Waals surface area contributed by atoms with Gasteiger partial charge in [0.15, 0.2) is 8.32 Å². The lowest BCUT2D eigenvalue weighted by Gasteiger charge is -2.26. The quantitative estimate of drug-likeness (QED) is 0.553. The van der Waals surface area contributed by atoms with E-state index >= 15 is 0 Å². The van der Waals surface area contributed by atoms with E-state index in [4.69, 9.17) is 4.43 Å². The summed E-state index contributed by atoms with van der Waals surface area (Å²) in [5.74, 6) is -0.481. The molecule has 3 nitrogen and oxygen atoms in total. The lowest BCUT2D eigenvalue weighted by atomic mass is 10.4. The highest BCUT2D eigenvalue weighted by molar-refractivity contribution is 6.73. The van der Waals surface area contributed by atoms with E-state index in [9.17, 15) is 4.79 Å². The summed E-state index contributed by atoms with van der Waals surface area (Å²) >= 11 is 0. The molecule has 2 N–H and O–H groups in total. The van der Waals surface area contributed by atoms with Crippen LogP contribution in [0.25, 0.3) is 0 Å². The first-order chi connectivity index (χ1) is 7.51. The Balaban J connectivity index is 0. The number of unbranched alkanes of at least 4 members (excludes halogenated alkanes) is 1. The van der Waals surface area contributed by atoms with Crippen LogP contribution in [0.5, 0.6) is 0 Å². The van der Waals surface area contributed by atoms with Gasteiger partial charge in [0.1, 0.15) is 0 Å². The largest absolute Gasteiger partial charge is 0.420 e. The van der Waals surface area contributed by atoms with E-state index in [1.807, 2.05) is 7.11 Å². The van der Waals surface area contributed by atoms with Crippen molar-refractivity contribution in [3.05, 3.63) is 12.7 Å². The maximum absolute atomic E-state index is 9.47. The van der Waals surface area contributed by atoms with E-state index in [2.05, 4.69) is 33.1 Å². The van der Waals surface area contributed by atoms with Gasteiger partial charge >= 0.3 is 0 Å². The third-order valence-electron chi connectivity index (χ3n) is 2.91. The second-order valence-corrected chi connectivity index (χ2v) is 8.49. The molecule has 0 aliphatic carbocycles. The molecule has 0 saturated carbocycles. The van der Waals surface area contributed by atoms with Crippen LogP contribution in [-0.4, -0.2) is 21.3 Å². The van der Waals surface area contributed by atoms with Crippen LogP contribution in [0.15, 0.2) is 12.7 Å². The lowest BCUT2D eigenvalue weighted by Crippen LogP contribution is -2.34. The molecule has 0 aromatic rings. The molecule has 0 atom stereocenters. The summed E-state index contributed by atoms with van der Waals surface area (Å²) in [5.41, 5.74) is 4.53. The molecule has 0 unspecified atom stereocenters. The molecule has 0 saturated heterocycles. The first-order valence-electron chi connectivity index (χ1n) is 5.98. The molecule has 96 valence electrons. The van der Waals surface area contributed by atoms with E-state index < -0.39 is 14.2 Å². The van der Waals surface area contributed by atoms with Crippen LogP contribution in [0.2, 0.25) is 18.1 Å². The number of nitrogens with two attached hydrogens (primary N) is 1. The smallest absolute Gasteiger partial charge is 0.240 e. The van der Waals surface area contributed by atoms with Crippen molar-refractivity contribution in [2.45, 2.75) is 51.7 Å². The normalized spacial score (nSPS) is 10.2. The fourth-order valence-corrected chi connectivity index (χ4v) is 4.48. The van der Waals surface area contributed by atoms with Gasteiger partial charge in [0.2, 0.25) is 5.91 Å². The first kappa shape index (κ1) is 17.8. The molecule has 1 amide bonds. The van der Waals surface area contributed by atoms with E-state index in [-0.39, 0.29) is 0 Å². The zero-order valence-electron chi connectivity index (χ0n) is 11.2. The molecule has 0 bridgehead atoms. The number of carbonyl (C=O) groups is 1. The van der Waals surface area contributed by atoms with Crippen LogP contribution in [0.3, 0.4) is 0 Å². The maximum Gasteiger partial charge on any atom is 0.240 e. The second-order valence-electron chi connectivity index (χ2n) is 3.80. The van der Waals surface area contributed by atoms with Crippen molar-refractivity contribution in [1.29, 1.82) is 0 Å². The van der Waals surface area contributed by atoms with Crippen LogP contribution < -0.4 is 5.73 Å². The zero-order valence-corrected chi connectivity index (χ0v) is 12.2. The minimum absolute atomic E-state index is 0.481. The molecule has 16 heavy (non-hydrogen) atoms.